The average molecular weight is 378 g/mol. The van der Waals surface area contributed by atoms with Crippen LogP contribution < -0.4 is 5.32 Å². The standard InChI is InChI=1S/C17H16BrNO4/c18-14-8-4-7-13(9-14)10-15(16(20)21)19-17(22)23-11-12-5-2-1-3-6-12/h1-9,15H,10-11H2,(H,19,22)(H,20,21)/t15-/m1/s1. The molecule has 1 atom stereocenters. The summed E-state index contributed by atoms with van der Waals surface area (Å²) < 4.78 is 5.90. The van der Waals surface area contributed by atoms with E-state index in [9.17, 15) is 14.7 Å². The summed E-state index contributed by atoms with van der Waals surface area (Å²) in [4.78, 5) is 23.1. The number of carbonyl (C=O) groups excluding carboxylic acids is 1. The fraction of sp³-hybridized carbons (Fsp3) is 0.176. The number of benzene rings is 2. The summed E-state index contributed by atoms with van der Waals surface area (Å²) in [5, 5.41) is 11.6. The molecule has 0 bridgehead atoms. The molecular formula is C17H16BrNO4. The molecule has 120 valence electrons. The van der Waals surface area contributed by atoms with Crippen LogP contribution in [0.3, 0.4) is 0 Å². The molecule has 6 heteroatoms. The highest BCUT2D eigenvalue weighted by molar-refractivity contribution is 9.10. The Kier molecular flexibility index (Phi) is 6.17. The number of carbonyl (C=O) groups is 2. The molecule has 0 aliphatic rings. The number of hydrogen-bond donors (Lipinski definition) is 2. The predicted octanol–water partition coefficient (Wildman–Crippen LogP) is 3.37. The zero-order valence-electron chi connectivity index (χ0n) is 12.2. The van der Waals surface area contributed by atoms with E-state index in [4.69, 9.17) is 4.74 Å². The van der Waals surface area contributed by atoms with E-state index in [2.05, 4.69) is 21.2 Å². The maximum Gasteiger partial charge on any atom is 0.408 e. The largest absolute Gasteiger partial charge is 0.480 e. The number of amides is 1. The van der Waals surface area contributed by atoms with Crippen molar-refractivity contribution in [3.63, 3.8) is 0 Å². The predicted molar refractivity (Wildman–Crippen MR) is 89.0 cm³/mol. The molecule has 0 spiro atoms. The van der Waals surface area contributed by atoms with Crippen molar-refractivity contribution in [1.29, 1.82) is 0 Å². The molecule has 2 aromatic carbocycles. The van der Waals surface area contributed by atoms with E-state index < -0.39 is 18.1 Å². The number of rotatable bonds is 6. The van der Waals surface area contributed by atoms with E-state index in [1.165, 1.54) is 0 Å². The monoisotopic (exact) mass is 377 g/mol. The number of aliphatic carboxylic acids is 1. The fourth-order valence-corrected chi connectivity index (χ4v) is 2.45. The Balaban J connectivity index is 1.91. The molecule has 1 amide bonds. The fourth-order valence-electron chi connectivity index (χ4n) is 2.01. The number of carboxylic acid groups (broad SMARTS) is 1. The summed E-state index contributed by atoms with van der Waals surface area (Å²) in [7, 11) is 0. The highest BCUT2D eigenvalue weighted by Gasteiger charge is 2.21. The maximum absolute atomic E-state index is 11.8. The Morgan fingerprint density at radius 3 is 2.43 bits per heavy atom. The van der Waals surface area contributed by atoms with Crippen molar-refractivity contribution < 1.29 is 19.4 Å². The van der Waals surface area contributed by atoms with E-state index in [1.54, 1.807) is 6.07 Å². The van der Waals surface area contributed by atoms with E-state index in [0.717, 1.165) is 15.6 Å². The lowest BCUT2D eigenvalue weighted by atomic mass is 10.1. The summed E-state index contributed by atoms with van der Waals surface area (Å²) in [6.45, 7) is 0.0932. The Labute approximate surface area is 142 Å². The lowest BCUT2D eigenvalue weighted by molar-refractivity contribution is -0.139. The van der Waals surface area contributed by atoms with Crippen LogP contribution in [0.5, 0.6) is 0 Å². The van der Waals surface area contributed by atoms with Crippen molar-refractivity contribution in [1.82, 2.24) is 5.32 Å². The van der Waals surface area contributed by atoms with Crippen LogP contribution in [0.1, 0.15) is 11.1 Å². The smallest absolute Gasteiger partial charge is 0.408 e. The van der Waals surface area contributed by atoms with E-state index in [0.29, 0.717) is 0 Å². The van der Waals surface area contributed by atoms with Gasteiger partial charge in [0.15, 0.2) is 0 Å². The van der Waals surface area contributed by atoms with Gasteiger partial charge in [-0.1, -0.05) is 58.4 Å². The SMILES string of the molecule is O=C(N[C@H](Cc1cccc(Br)c1)C(=O)O)OCc1ccccc1. The molecule has 0 saturated carbocycles. The van der Waals surface area contributed by atoms with Gasteiger partial charge in [-0.15, -0.1) is 0 Å². The van der Waals surface area contributed by atoms with Gasteiger partial charge in [-0.2, -0.15) is 0 Å². The zero-order valence-corrected chi connectivity index (χ0v) is 13.8. The number of nitrogens with one attached hydrogen (secondary N) is 1. The van der Waals surface area contributed by atoms with Crippen molar-refractivity contribution in [3.8, 4) is 0 Å². The molecule has 0 fully saturated rings. The van der Waals surface area contributed by atoms with Gasteiger partial charge >= 0.3 is 12.1 Å². The van der Waals surface area contributed by atoms with Gasteiger partial charge in [0.2, 0.25) is 0 Å². The lowest BCUT2D eigenvalue weighted by Crippen LogP contribution is -2.42. The van der Waals surface area contributed by atoms with Gasteiger partial charge in [0, 0.05) is 10.9 Å². The van der Waals surface area contributed by atoms with Gasteiger partial charge < -0.3 is 15.2 Å². The molecule has 2 aromatic rings. The molecule has 0 aliphatic heterocycles. The Morgan fingerprint density at radius 1 is 1.09 bits per heavy atom. The van der Waals surface area contributed by atoms with Crippen LogP contribution in [0.4, 0.5) is 4.79 Å². The number of halogens is 1. The quantitative estimate of drug-likeness (QED) is 0.808. The third-order valence-electron chi connectivity index (χ3n) is 3.13. The Hall–Kier alpha value is -2.34. The molecular weight excluding hydrogens is 362 g/mol. The Morgan fingerprint density at radius 2 is 1.78 bits per heavy atom. The summed E-state index contributed by atoms with van der Waals surface area (Å²) in [5.74, 6) is -1.11. The van der Waals surface area contributed by atoms with Crippen molar-refractivity contribution in [2.75, 3.05) is 0 Å². The molecule has 0 unspecified atom stereocenters. The second-order valence-electron chi connectivity index (χ2n) is 4.93. The first-order valence-corrected chi connectivity index (χ1v) is 7.78. The van der Waals surface area contributed by atoms with E-state index >= 15 is 0 Å². The second-order valence-corrected chi connectivity index (χ2v) is 5.85. The first-order chi connectivity index (χ1) is 11.0. The van der Waals surface area contributed by atoms with E-state index in [-0.39, 0.29) is 13.0 Å². The van der Waals surface area contributed by atoms with Crippen molar-refractivity contribution in [3.05, 3.63) is 70.2 Å². The summed E-state index contributed by atoms with van der Waals surface area (Å²) in [6, 6.07) is 15.4. The first-order valence-electron chi connectivity index (χ1n) is 6.99. The van der Waals surface area contributed by atoms with Crippen molar-refractivity contribution >= 4 is 28.0 Å². The van der Waals surface area contributed by atoms with Crippen LogP contribution in [-0.2, 0) is 22.6 Å². The molecule has 2 rings (SSSR count). The first kappa shape index (κ1) is 17.0. The van der Waals surface area contributed by atoms with Crippen LogP contribution in [0, 0.1) is 0 Å². The molecule has 0 aliphatic carbocycles. The third kappa shape index (κ3) is 5.75. The Bertz CT molecular complexity index is 675. The molecule has 0 heterocycles. The summed E-state index contributed by atoms with van der Waals surface area (Å²) >= 11 is 3.33. The van der Waals surface area contributed by atoms with Crippen LogP contribution >= 0.6 is 15.9 Å². The van der Waals surface area contributed by atoms with Crippen molar-refractivity contribution in [2.24, 2.45) is 0 Å². The van der Waals surface area contributed by atoms with Gasteiger partial charge in [0.05, 0.1) is 0 Å². The molecule has 2 N–H and O–H groups in total. The van der Waals surface area contributed by atoms with Crippen LogP contribution in [-0.4, -0.2) is 23.2 Å². The lowest BCUT2D eigenvalue weighted by Gasteiger charge is -2.15. The normalized spacial score (nSPS) is 11.5. The zero-order chi connectivity index (χ0) is 16.7. The third-order valence-corrected chi connectivity index (χ3v) is 3.63. The van der Waals surface area contributed by atoms with Crippen molar-refractivity contribution in [2.45, 2.75) is 19.1 Å². The number of hydrogen-bond acceptors (Lipinski definition) is 3. The van der Waals surface area contributed by atoms with Gasteiger partial charge in [0.1, 0.15) is 12.6 Å². The number of alkyl carbamates (subject to hydrolysis) is 1. The molecule has 0 aromatic heterocycles. The highest BCUT2D eigenvalue weighted by atomic mass is 79.9. The molecule has 5 nitrogen and oxygen atoms in total. The van der Waals surface area contributed by atoms with E-state index in [1.807, 2.05) is 48.5 Å². The van der Waals surface area contributed by atoms with Gasteiger partial charge in [-0.3, -0.25) is 0 Å². The summed E-state index contributed by atoms with van der Waals surface area (Å²) in [5.41, 5.74) is 1.64. The minimum absolute atomic E-state index is 0.0932. The van der Waals surface area contributed by atoms with Gasteiger partial charge in [0.25, 0.3) is 0 Å². The summed E-state index contributed by atoms with van der Waals surface area (Å²) in [6.07, 6.45) is -0.578. The molecule has 23 heavy (non-hydrogen) atoms. The highest BCUT2D eigenvalue weighted by Crippen LogP contribution is 2.13. The molecule has 0 radical (unpaired) electrons. The second kappa shape index (κ2) is 8.33. The number of ether oxygens (including phenoxy) is 1. The van der Waals surface area contributed by atoms with Crippen LogP contribution in [0.25, 0.3) is 0 Å². The van der Waals surface area contributed by atoms with Gasteiger partial charge in [-0.25, -0.2) is 9.59 Å². The topological polar surface area (TPSA) is 75.6 Å². The minimum Gasteiger partial charge on any atom is -0.480 e. The average Bonchev–Trinajstić information content (AvgIpc) is 2.53. The minimum atomic E-state index is -1.11. The van der Waals surface area contributed by atoms with Crippen LogP contribution in [0.2, 0.25) is 0 Å². The number of carboxylic acids is 1. The molecule has 0 saturated heterocycles. The van der Waals surface area contributed by atoms with Gasteiger partial charge in [-0.05, 0) is 23.3 Å². The van der Waals surface area contributed by atoms with Crippen LogP contribution in [0.15, 0.2) is 59.1 Å². The maximum atomic E-state index is 11.8.